The van der Waals surface area contributed by atoms with Crippen LogP contribution in [0.25, 0.3) is 23.0 Å². The van der Waals surface area contributed by atoms with Gasteiger partial charge in [-0.2, -0.15) is 9.40 Å². The zero-order chi connectivity index (χ0) is 31.1. The second-order valence-electron chi connectivity index (χ2n) is 9.59. The fourth-order valence-electron chi connectivity index (χ4n) is 4.44. The van der Waals surface area contributed by atoms with E-state index >= 15 is 0 Å². The lowest BCUT2D eigenvalue weighted by atomic mass is 10.1. The number of methoxy groups -OCH3 is 1. The van der Waals surface area contributed by atoms with Crippen molar-refractivity contribution in [2.24, 2.45) is 0 Å². The molecule has 1 saturated heterocycles. The van der Waals surface area contributed by atoms with E-state index in [1.807, 2.05) is 54.6 Å². The SMILES string of the molecule is COc1ccc(-c2nn(-c3ccccc3)cc2/C=C/C(=O)OCC(=O)Nc2ccc(Cl)c(S(=O)(=O)N3CCOCC3)c2)cc1. The van der Waals surface area contributed by atoms with E-state index in [2.05, 4.69) is 5.32 Å². The first-order valence-corrected chi connectivity index (χ1v) is 15.4. The summed E-state index contributed by atoms with van der Waals surface area (Å²) in [5, 5.41) is 7.28. The highest BCUT2D eigenvalue weighted by Gasteiger charge is 2.28. The molecule has 11 nitrogen and oxygen atoms in total. The van der Waals surface area contributed by atoms with Gasteiger partial charge in [0.15, 0.2) is 6.61 Å². The number of hydrogen-bond acceptors (Lipinski definition) is 8. The van der Waals surface area contributed by atoms with Crippen LogP contribution < -0.4 is 10.1 Å². The second kappa shape index (κ2) is 13.9. The zero-order valence-electron chi connectivity index (χ0n) is 23.7. The van der Waals surface area contributed by atoms with Crippen LogP contribution in [0.5, 0.6) is 5.75 Å². The molecule has 0 bridgehead atoms. The third-order valence-corrected chi connectivity index (χ3v) is 9.05. The minimum absolute atomic E-state index is 0.0238. The zero-order valence-corrected chi connectivity index (χ0v) is 25.3. The number of nitrogens with zero attached hydrogens (tertiary/aromatic N) is 3. The van der Waals surface area contributed by atoms with Crippen LogP contribution in [0.1, 0.15) is 5.56 Å². The molecule has 228 valence electrons. The van der Waals surface area contributed by atoms with Crippen molar-refractivity contribution in [2.75, 3.05) is 45.3 Å². The Morgan fingerprint density at radius 1 is 1.05 bits per heavy atom. The Balaban J connectivity index is 1.25. The minimum Gasteiger partial charge on any atom is -0.497 e. The summed E-state index contributed by atoms with van der Waals surface area (Å²) in [5.41, 5.74) is 3.12. The second-order valence-corrected chi connectivity index (χ2v) is 11.9. The molecule has 0 spiro atoms. The van der Waals surface area contributed by atoms with Crippen molar-refractivity contribution in [3.8, 4) is 22.7 Å². The third-order valence-electron chi connectivity index (χ3n) is 6.67. The van der Waals surface area contributed by atoms with E-state index in [-0.39, 0.29) is 41.9 Å². The number of rotatable bonds is 10. The van der Waals surface area contributed by atoms with E-state index < -0.39 is 28.5 Å². The standard InChI is InChI=1S/C31H29ClN4O7S/c1-41-26-11-7-22(8-12-26)31-23(20-36(34-31)25-5-3-2-4-6-25)9-14-30(38)43-21-29(37)33-24-10-13-27(32)28(19-24)44(39,40)35-15-17-42-18-16-35/h2-14,19-20H,15-18,21H2,1H3,(H,33,37)/b14-9+. The van der Waals surface area contributed by atoms with Crippen molar-refractivity contribution in [2.45, 2.75) is 4.90 Å². The molecule has 1 fully saturated rings. The van der Waals surface area contributed by atoms with Crippen LogP contribution in [0, 0.1) is 0 Å². The number of hydrogen-bond donors (Lipinski definition) is 1. The van der Waals surface area contributed by atoms with E-state index in [9.17, 15) is 18.0 Å². The van der Waals surface area contributed by atoms with Gasteiger partial charge in [0.1, 0.15) is 10.6 Å². The summed E-state index contributed by atoms with van der Waals surface area (Å²) in [6.45, 7) is 0.378. The summed E-state index contributed by atoms with van der Waals surface area (Å²) >= 11 is 6.19. The lowest BCUT2D eigenvalue weighted by molar-refractivity contribution is -0.142. The Kier molecular flexibility index (Phi) is 9.75. The summed E-state index contributed by atoms with van der Waals surface area (Å²) in [7, 11) is -2.30. The lowest BCUT2D eigenvalue weighted by Gasteiger charge is -2.26. The number of amides is 1. The van der Waals surface area contributed by atoms with Crippen molar-refractivity contribution >= 4 is 45.3 Å². The minimum atomic E-state index is -3.89. The van der Waals surface area contributed by atoms with E-state index in [4.69, 9.17) is 30.9 Å². The van der Waals surface area contributed by atoms with Crippen molar-refractivity contribution in [1.82, 2.24) is 14.1 Å². The molecule has 5 rings (SSSR count). The Hall–Kier alpha value is -4.49. The molecule has 0 unspecified atom stereocenters. The number of morpholine rings is 1. The Bertz CT molecular complexity index is 1770. The molecule has 3 aromatic carbocycles. The molecular weight excluding hydrogens is 608 g/mol. The Morgan fingerprint density at radius 3 is 2.48 bits per heavy atom. The maximum atomic E-state index is 13.1. The van der Waals surface area contributed by atoms with Gasteiger partial charge in [-0.1, -0.05) is 29.8 Å². The molecule has 0 saturated carbocycles. The summed E-state index contributed by atoms with van der Waals surface area (Å²) in [5.74, 6) is -0.705. The van der Waals surface area contributed by atoms with Crippen molar-refractivity contribution in [3.05, 3.63) is 95.7 Å². The summed E-state index contributed by atoms with van der Waals surface area (Å²) in [4.78, 5) is 24.9. The van der Waals surface area contributed by atoms with Gasteiger partial charge in [-0.25, -0.2) is 17.9 Å². The van der Waals surface area contributed by atoms with Crippen LogP contribution in [0.2, 0.25) is 5.02 Å². The summed E-state index contributed by atoms with van der Waals surface area (Å²) < 4.78 is 44.7. The van der Waals surface area contributed by atoms with Crippen LogP contribution in [-0.2, 0) is 29.1 Å². The first-order chi connectivity index (χ1) is 21.2. The van der Waals surface area contributed by atoms with Gasteiger partial charge in [-0.15, -0.1) is 0 Å². The predicted octanol–water partition coefficient (Wildman–Crippen LogP) is 4.42. The number of halogens is 1. The molecule has 0 atom stereocenters. The van der Waals surface area contributed by atoms with Crippen LogP contribution in [0.15, 0.2) is 90.0 Å². The lowest BCUT2D eigenvalue weighted by Crippen LogP contribution is -2.40. The number of sulfonamides is 1. The predicted molar refractivity (Wildman–Crippen MR) is 165 cm³/mol. The molecule has 13 heteroatoms. The molecule has 1 aliphatic rings. The van der Waals surface area contributed by atoms with Crippen LogP contribution in [0.4, 0.5) is 5.69 Å². The average Bonchev–Trinajstić information content (AvgIpc) is 3.49. The fraction of sp³-hybridized carbons (Fsp3) is 0.194. The number of para-hydroxylation sites is 1. The van der Waals surface area contributed by atoms with E-state index in [0.29, 0.717) is 17.0 Å². The number of carbonyl (C=O) groups is 2. The van der Waals surface area contributed by atoms with Gasteiger partial charge >= 0.3 is 5.97 Å². The number of benzene rings is 3. The molecule has 1 aliphatic heterocycles. The maximum Gasteiger partial charge on any atom is 0.331 e. The third kappa shape index (κ3) is 7.34. The first kappa shape index (κ1) is 31.0. The quantitative estimate of drug-likeness (QED) is 0.200. The number of anilines is 1. The average molecular weight is 637 g/mol. The summed E-state index contributed by atoms with van der Waals surface area (Å²) in [6.07, 6.45) is 4.56. The van der Waals surface area contributed by atoms with Crippen LogP contribution in [-0.4, -0.2) is 74.4 Å². The molecule has 2 heterocycles. The van der Waals surface area contributed by atoms with E-state index in [1.165, 1.54) is 28.6 Å². The van der Waals surface area contributed by atoms with Crippen LogP contribution >= 0.6 is 11.6 Å². The number of esters is 1. The molecule has 0 aliphatic carbocycles. The van der Waals surface area contributed by atoms with Gasteiger partial charge in [0.2, 0.25) is 10.0 Å². The van der Waals surface area contributed by atoms with Gasteiger partial charge in [0.05, 0.1) is 36.7 Å². The van der Waals surface area contributed by atoms with Crippen LogP contribution in [0.3, 0.4) is 0 Å². The highest BCUT2D eigenvalue weighted by Crippen LogP contribution is 2.29. The smallest absolute Gasteiger partial charge is 0.331 e. The van der Waals surface area contributed by atoms with Gasteiger partial charge in [-0.3, -0.25) is 4.79 Å². The topological polar surface area (TPSA) is 129 Å². The molecular formula is C31H29ClN4O7S. The molecule has 0 radical (unpaired) electrons. The molecule has 4 aromatic rings. The van der Waals surface area contributed by atoms with Gasteiger partial charge in [0.25, 0.3) is 5.91 Å². The highest BCUT2D eigenvalue weighted by molar-refractivity contribution is 7.89. The normalized spacial score (nSPS) is 14.0. The maximum absolute atomic E-state index is 13.1. The number of ether oxygens (including phenoxy) is 3. The fourth-order valence-corrected chi connectivity index (χ4v) is 6.35. The number of aromatic nitrogens is 2. The number of nitrogens with one attached hydrogen (secondary N) is 1. The van der Waals surface area contributed by atoms with Gasteiger partial charge in [-0.05, 0) is 60.7 Å². The monoisotopic (exact) mass is 636 g/mol. The Labute approximate surface area is 259 Å². The van der Waals surface area contributed by atoms with Gasteiger partial charge in [0, 0.05) is 42.2 Å². The highest BCUT2D eigenvalue weighted by atomic mass is 35.5. The van der Waals surface area contributed by atoms with Crippen molar-refractivity contribution in [3.63, 3.8) is 0 Å². The number of carbonyl (C=O) groups excluding carboxylic acids is 2. The largest absolute Gasteiger partial charge is 0.497 e. The van der Waals surface area contributed by atoms with E-state index in [0.717, 1.165) is 11.3 Å². The summed E-state index contributed by atoms with van der Waals surface area (Å²) in [6, 6.07) is 21.0. The Morgan fingerprint density at radius 2 is 1.77 bits per heavy atom. The molecule has 1 amide bonds. The van der Waals surface area contributed by atoms with E-state index in [1.54, 1.807) is 24.1 Å². The van der Waals surface area contributed by atoms with Crippen molar-refractivity contribution < 1.29 is 32.2 Å². The first-order valence-electron chi connectivity index (χ1n) is 13.6. The molecule has 1 aromatic heterocycles. The molecule has 1 N–H and O–H groups in total. The van der Waals surface area contributed by atoms with Gasteiger partial charge < -0.3 is 19.5 Å². The van der Waals surface area contributed by atoms with Crippen molar-refractivity contribution in [1.29, 1.82) is 0 Å². The molecule has 44 heavy (non-hydrogen) atoms.